The second-order valence-corrected chi connectivity index (χ2v) is 7.73. The van der Waals surface area contributed by atoms with Gasteiger partial charge in [0.15, 0.2) is 5.75 Å². The van der Waals surface area contributed by atoms with Gasteiger partial charge in [-0.3, -0.25) is 9.79 Å². The average Bonchev–Trinajstić information content (AvgIpc) is 3.51. The molecule has 2 aliphatic rings. The van der Waals surface area contributed by atoms with Crippen molar-refractivity contribution in [1.29, 1.82) is 0 Å². The van der Waals surface area contributed by atoms with Crippen LogP contribution < -0.4 is 15.9 Å². The first kappa shape index (κ1) is 20.1. The van der Waals surface area contributed by atoms with Gasteiger partial charge in [0.2, 0.25) is 5.43 Å². The second kappa shape index (κ2) is 7.11. The number of pyridine rings is 1. The van der Waals surface area contributed by atoms with E-state index in [-0.39, 0.29) is 34.6 Å². The maximum atomic E-state index is 15.3. The molecule has 0 atom stereocenters. The Kier molecular flexibility index (Phi) is 4.47. The third-order valence-corrected chi connectivity index (χ3v) is 5.69. The molecule has 5 rings (SSSR count). The van der Waals surface area contributed by atoms with Crippen LogP contribution in [0, 0.1) is 5.82 Å². The Morgan fingerprint density at radius 2 is 2.03 bits per heavy atom. The maximum absolute atomic E-state index is 15.3. The van der Waals surface area contributed by atoms with E-state index in [1.807, 2.05) is 0 Å². The van der Waals surface area contributed by atoms with Crippen LogP contribution in [-0.4, -0.2) is 28.1 Å². The van der Waals surface area contributed by atoms with Crippen LogP contribution >= 0.6 is 0 Å². The lowest BCUT2D eigenvalue weighted by Gasteiger charge is -2.19. The summed E-state index contributed by atoms with van der Waals surface area (Å²) in [5.74, 6) is -2.65. The van der Waals surface area contributed by atoms with Crippen LogP contribution in [0.4, 0.5) is 13.2 Å². The fourth-order valence-corrected chi connectivity index (χ4v) is 4.10. The monoisotopic (exact) mass is 443 g/mol. The zero-order chi connectivity index (χ0) is 22.7. The van der Waals surface area contributed by atoms with Crippen molar-refractivity contribution < 1.29 is 27.8 Å². The first-order valence-corrected chi connectivity index (χ1v) is 9.79. The normalized spacial score (nSPS) is 15.2. The molecule has 0 radical (unpaired) electrons. The van der Waals surface area contributed by atoms with Gasteiger partial charge in [-0.25, -0.2) is 9.18 Å². The lowest BCUT2D eigenvalue weighted by atomic mass is 9.96. The van der Waals surface area contributed by atoms with Gasteiger partial charge in [-0.05, 0) is 36.1 Å². The molecule has 0 saturated heterocycles. The van der Waals surface area contributed by atoms with Gasteiger partial charge in [0.1, 0.15) is 17.2 Å². The van der Waals surface area contributed by atoms with Gasteiger partial charge >= 0.3 is 12.6 Å². The SMILES string of the molecule is NC1=NCc2cc(-c3c(F)cc4c(=O)c(C(=O)O)cn(C5CC5)c4c3OC(F)F)ccc21. The van der Waals surface area contributed by atoms with Crippen LogP contribution in [0.2, 0.25) is 0 Å². The first-order valence-electron chi connectivity index (χ1n) is 9.79. The largest absolute Gasteiger partial charge is 0.477 e. The average molecular weight is 443 g/mol. The number of hydrogen-bond acceptors (Lipinski definition) is 5. The molecule has 0 amide bonds. The number of nitrogens with zero attached hydrogens (tertiary/aromatic N) is 2. The molecule has 2 aromatic carbocycles. The molecule has 1 fully saturated rings. The number of amidine groups is 1. The summed E-state index contributed by atoms with van der Waals surface area (Å²) in [6, 6.07) is 5.40. The van der Waals surface area contributed by atoms with E-state index in [0.29, 0.717) is 29.8 Å². The minimum Gasteiger partial charge on any atom is -0.477 e. The maximum Gasteiger partial charge on any atom is 0.387 e. The highest BCUT2D eigenvalue weighted by Crippen LogP contribution is 2.44. The molecule has 10 heteroatoms. The summed E-state index contributed by atoms with van der Waals surface area (Å²) in [5, 5.41) is 9.07. The molecule has 0 unspecified atom stereocenters. The molecule has 2 heterocycles. The fraction of sp³-hybridized carbons (Fsp3) is 0.227. The van der Waals surface area contributed by atoms with Gasteiger partial charge in [0.25, 0.3) is 0 Å². The van der Waals surface area contributed by atoms with Crippen molar-refractivity contribution in [3.05, 3.63) is 63.2 Å². The summed E-state index contributed by atoms with van der Waals surface area (Å²) in [6.45, 7) is -3.03. The highest BCUT2D eigenvalue weighted by atomic mass is 19.3. The number of rotatable bonds is 5. The summed E-state index contributed by atoms with van der Waals surface area (Å²) >= 11 is 0. The van der Waals surface area contributed by atoms with Crippen molar-refractivity contribution in [2.45, 2.75) is 32.0 Å². The van der Waals surface area contributed by atoms with Crippen molar-refractivity contribution in [3.8, 4) is 16.9 Å². The molecule has 1 aliphatic carbocycles. The number of carboxylic acid groups (broad SMARTS) is 1. The lowest BCUT2D eigenvalue weighted by Crippen LogP contribution is -2.20. The molecule has 7 nitrogen and oxygen atoms in total. The minimum absolute atomic E-state index is 0.0598. The number of nitrogens with two attached hydrogens (primary N) is 1. The molecular formula is C22H16F3N3O4. The van der Waals surface area contributed by atoms with E-state index in [9.17, 15) is 23.5 Å². The molecule has 3 aromatic rings. The van der Waals surface area contributed by atoms with Crippen molar-refractivity contribution >= 4 is 22.7 Å². The van der Waals surface area contributed by atoms with Crippen molar-refractivity contribution in [2.24, 2.45) is 10.7 Å². The number of halogens is 3. The number of benzene rings is 2. The number of aromatic nitrogens is 1. The molecule has 164 valence electrons. The second-order valence-electron chi connectivity index (χ2n) is 7.73. The molecule has 3 N–H and O–H groups in total. The molecule has 32 heavy (non-hydrogen) atoms. The third-order valence-electron chi connectivity index (χ3n) is 5.69. The van der Waals surface area contributed by atoms with Gasteiger partial charge in [-0.2, -0.15) is 8.78 Å². The van der Waals surface area contributed by atoms with Crippen LogP contribution in [0.15, 0.2) is 40.2 Å². The Morgan fingerprint density at radius 3 is 2.69 bits per heavy atom. The summed E-state index contributed by atoms with van der Waals surface area (Å²) in [4.78, 5) is 28.4. The van der Waals surface area contributed by atoms with Gasteiger partial charge < -0.3 is 20.1 Å². The molecular weight excluding hydrogens is 427 g/mol. The standard InChI is InChI=1S/C22H16F3N3O4/c23-15-6-13-17(28(11-2-3-11)8-14(18(13)29)21(30)31)19(32-22(24)25)16(15)9-1-4-12-10(5-9)7-27-20(12)26/h1,4-6,8,11,22H,2-3,7H2,(H2,26,27)(H,30,31). The number of aliphatic imine (C=N–C) groups is 1. The predicted molar refractivity (Wildman–Crippen MR) is 110 cm³/mol. The minimum atomic E-state index is -3.30. The van der Waals surface area contributed by atoms with Crippen LogP contribution in [0.25, 0.3) is 22.0 Å². The lowest BCUT2D eigenvalue weighted by molar-refractivity contribution is -0.0487. The van der Waals surface area contributed by atoms with Gasteiger partial charge in [0, 0.05) is 17.8 Å². The van der Waals surface area contributed by atoms with Gasteiger partial charge in [0.05, 0.1) is 23.0 Å². The summed E-state index contributed by atoms with van der Waals surface area (Å²) in [5.41, 5.74) is 5.60. The number of carbonyl (C=O) groups is 1. The van der Waals surface area contributed by atoms with Gasteiger partial charge in [-0.15, -0.1) is 0 Å². The fourth-order valence-electron chi connectivity index (χ4n) is 4.10. The number of fused-ring (bicyclic) bond motifs is 2. The Hall–Kier alpha value is -3.82. The molecule has 1 saturated carbocycles. The zero-order valence-corrected chi connectivity index (χ0v) is 16.4. The Labute approximate surface area is 178 Å². The summed E-state index contributed by atoms with van der Waals surface area (Å²) in [6.07, 6.45) is 2.43. The molecule has 0 bridgehead atoms. The highest BCUT2D eigenvalue weighted by molar-refractivity contribution is 6.02. The number of aromatic carboxylic acids is 1. The van der Waals surface area contributed by atoms with Crippen LogP contribution in [0.5, 0.6) is 5.75 Å². The van der Waals surface area contributed by atoms with E-state index >= 15 is 4.39 Å². The first-order chi connectivity index (χ1) is 15.3. The topological polar surface area (TPSA) is 107 Å². The van der Waals surface area contributed by atoms with E-state index in [1.54, 1.807) is 12.1 Å². The number of hydrogen-bond donors (Lipinski definition) is 2. The smallest absolute Gasteiger partial charge is 0.387 e. The molecule has 0 spiro atoms. The van der Waals surface area contributed by atoms with Crippen molar-refractivity contribution in [2.75, 3.05) is 0 Å². The highest BCUT2D eigenvalue weighted by Gasteiger charge is 2.31. The number of alkyl halides is 2. The Morgan fingerprint density at radius 1 is 1.28 bits per heavy atom. The van der Waals surface area contributed by atoms with Crippen molar-refractivity contribution in [1.82, 2.24) is 4.57 Å². The van der Waals surface area contributed by atoms with Crippen LogP contribution in [0.1, 0.15) is 40.4 Å². The summed E-state index contributed by atoms with van der Waals surface area (Å²) < 4.78 is 48.4. The van der Waals surface area contributed by atoms with Crippen LogP contribution in [-0.2, 0) is 6.54 Å². The van der Waals surface area contributed by atoms with E-state index in [0.717, 1.165) is 12.3 Å². The predicted octanol–water partition coefficient (Wildman–Crippen LogP) is 3.66. The Bertz CT molecular complexity index is 1390. The number of ether oxygens (including phenoxy) is 1. The van der Waals surface area contributed by atoms with E-state index in [2.05, 4.69) is 4.99 Å². The third kappa shape index (κ3) is 3.10. The summed E-state index contributed by atoms with van der Waals surface area (Å²) in [7, 11) is 0. The van der Waals surface area contributed by atoms with E-state index < -0.39 is 35.1 Å². The zero-order valence-electron chi connectivity index (χ0n) is 16.4. The van der Waals surface area contributed by atoms with Crippen LogP contribution in [0.3, 0.4) is 0 Å². The van der Waals surface area contributed by atoms with Gasteiger partial charge in [-0.1, -0.05) is 12.1 Å². The van der Waals surface area contributed by atoms with E-state index in [4.69, 9.17) is 10.5 Å². The molecule has 1 aromatic heterocycles. The quantitative estimate of drug-likeness (QED) is 0.626. The van der Waals surface area contributed by atoms with E-state index in [1.165, 1.54) is 10.6 Å². The van der Waals surface area contributed by atoms with Crippen molar-refractivity contribution in [3.63, 3.8) is 0 Å². The molecule has 1 aliphatic heterocycles. The number of carboxylic acids is 1. The Balaban J connectivity index is 1.86.